The maximum Gasteiger partial charge on any atom is 0.188 e. The zero-order chi connectivity index (χ0) is 13.3. The van der Waals surface area contributed by atoms with Gasteiger partial charge in [-0.15, -0.1) is 24.0 Å². The molecule has 0 aliphatic heterocycles. The number of hydrogen-bond acceptors (Lipinski definition) is 2. The number of methoxy groups -OCH3 is 1. The molecule has 4 nitrogen and oxygen atoms in total. The highest BCUT2D eigenvalue weighted by Gasteiger charge is 2.50. The fourth-order valence-corrected chi connectivity index (χ4v) is 5.07. The van der Waals surface area contributed by atoms with Gasteiger partial charge in [-0.3, -0.25) is 4.99 Å². The molecule has 4 rings (SSSR count). The van der Waals surface area contributed by atoms with Crippen molar-refractivity contribution in [3.8, 4) is 0 Å². The molecule has 4 saturated carbocycles. The summed E-state index contributed by atoms with van der Waals surface area (Å²) in [5.74, 6) is 3.56. The molecule has 0 spiro atoms. The van der Waals surface area contributed by atoms with Gasteiger partial charge < -0.3 is 15.8 Å². The Morgan fingerprint density at radius 3 is 2.25 bits per heavy atom. The fraction of sp³-hybridized carbons (Fsp3) is 0.933. The molecule has 3 N–H and O–H groups in total. The highest BCUT2D eigenvalue weighted by atomic mass is 127. The van der Waals surface area contributed by atoms with Gasteiger partial charge in [0.05, 0.1) is 6.61 Å². The number of aliphatic imine (C=N–C) groups is 1. The van der Waals surface area contributed by atoms with Gasteiger partial charge in [0.2, 0.25) is 0 Å². The molecular formula is C15H28IN3O. The monoisotopic (exact) mass is 393 g/mol. The number of ether oxygens (including phenoxy) is 1. The molecule has 0 amide bonds. The summed E-state index contributed by atoms with van der Waals surface area (Å²) in [6.07, 6.45) is 8.66. The van der Waals surface area contributed by atoms with E-state index in [1.54, 1.807) is 7.11 Å². The molecule has 0 saturated heterocycles. The van der Waals surface area contributed by atoms with Gasteiger partial charge in [0.15, 0.2) is 5.96 Å². The zero-order valence-corrected chi connectivity index (χ0v) is 14.8. The molecule has 0 atom stereocenters. The molecule has 0 unspecified atom stereocenters. The molecule has 5 heteroatoms. The van der Waals surface area contributed by atoms with Gasteiger partial charge in [-0.25, -0.2) is 0 Å². The number of hydrogen-bond donors (Lipinski definition) is 2. The van der Waals surface area contributed by atoms with Crippen molar-refractivity contribution in [2.24, 2.45) is 33.9 Å². The highest BCUT2D eigenvalue weighted by molar-refractivity contribution is 14.0. The van der Waals surface area contributed by atoms with E-state index in [1.807, 2.05) is 0 Å². The SMILES string of the molecule is COCCNC(N)=NCC12CC3CC(CC(C3)C1)C2.I. The summed E-state index contributed by atoms with van der Waals surface area (Å²) in [5.41, 5.74) is 6.42. The number of nitrogens with one attached hydrogen (secondary N) is 1. The summed E-state index contributed by atoms with van der Waals surface area (Å²) in [6, 6.07) is 0. The molecular weight excluding hydrogens is 365 g/mol. The van der Waals surface area contributed by atoms with Crippen molar-refractivity contribution in [2.45, 2.75) is 38.5 Å². The normalized spacial score (nSPS) is 38.6. The number of nitrogens with zero attached hydrogens (tertiary/aromatic N) is 1. The summed E-state index contributed by atoms with van der Waals surface area (Å²) >= 11 is 0. The summed E-state index contributed by atoms with van der Waals surface area (Å²) in [5, 5.41) is 3.12. The van der Waals surface area contributed by atoms with Crippen molar-refractivity contribution in [1.82, 2.24) is 5.32 Å². The van der Waals surface area contributed by atoms with Crippen LogP contribution < -0.4 is 11.1 Å². The first-order chi connectivity index (χ1) is 9.19. The molecule has 4 fully saturated rings. The van der Waals surface area contributed by atoms with Crippen molar-refractivity contribution < 1.29 is 4.74 Å². The number of nitrogens with two attached hydrogens (primary N) is 1. The van der Waals surface area contributed by atoms with Crippen LogP contribution in [0.3, 0.4) is 0 Å². The lowest BCUT2D eigenvalue weighted by atomic mass is 9.49. The maximum atomic E-state index is 5.93. The number of rotatable bonds is 5. The third kappa shape index (κ3) is 3.59. The van der Waals surface area contributed by atoms with Crippen LogP contribution in [0.2, 0.25) is 0 Å². The Morgan fingerprint density at radius 1 is 1.20 bits per heavy atom. The molecule has 0 aromatic heterocycles. The molecule has 0 aromatic carbocycles. The molecule has 4 bridgehead atoms. The van der Waals surface area contributed by atoms with Crippen LogP contribution in [0.25, 0.3) is 0 Å². The Labute approximate surface area is 139 Å². The third-order valence-corrected chi connectivity index (χ3v) is 5.36. The molecule has 4 aliphatic rings. The molecule has 0 radical (unpaired) electrons. The van der Waals surface area contributed by atoms with E-state index in [1.165, 1.54) is 38.5 Å². The van der Waals surface area contributed by atoms with Crippen LogP contribution in [0.4, 0.5) is 0 Å². The van der Waals surface area contributed by atoms with Gasteiger partial charge >= 0.3 is 0 Å². The van der Waals surface area contributed by atoms with Gasteiger partial charge in [0.1, 0.15) is 0 Å². The lowest BCUT2D eigenvalue weighted by molar-refractivity contribution is -0.0465. The van der Waals surface area contributed by atoms with Crippen molar-refractivity contribution >= 4 is 29.9 Å². The van der Waals surface area contributed by atoms with Crippen LogP contribution in [0.1, 0.15) is 38.5 Å². The fourth-order valence-electron chi connectivity index (χ4n) is 5.07. The summed E-state index contributed by atoms with van der Waals surface area (Å²) in [4.78, 5) is 4.61. The Balaban J connectivity index is 0.00000147. The van der Waals surface area contributed by atoms with E-state index in [-0.39, 0.29) is 24.0 Å². The van der Waals surface area contributed by atoms with Gasteiger partial charge in [-0.1, -0.05) is 0 Å². The summed E-state index contributed by atoms with van der Waals surface area (Å²) in [6.45, 7) is 2.35. The van der Waals surface area contributed by atoms with Crippen LogP contribution in [0.15, 0.2) is 4.99 Å². The second-order valence-electron chi connectivity index (χ2n) is 7.04. The van der Waals surface area contributed by atoms with Crippen molar-refractivity contribution in [3.63, 3.8) is 0 Å². The topological polar surface area (TPSA) is 59.6 Å². The van der Waals surface area contributed by atoms with Crippen LogP contribution >= 0.6 is 24.0 Å². The molecule has 20 heavy (non-hydrogen) atoms. The predicted molar refractivity (Wildman–Crippen MR) is 92.4 cm³/mol. The Hall–Kier alpha value is -0.0400. The second-order valence-corrected chi connectivity index (χ2v) is 7.04. The largest absolute Gasteiger partial charge is 0.383 e. The quantitative estimate of drug-likeness (QED) is 0.326. The molecule has 116 valence electrons. The van der Waals surface area contributed by atoms with E-state index >= 15 is 0 Å². The number of guanidine groups is 1. The van der Waals surface area contributed by atoms with E-state index < -0.39 is 0 Å². The summed E-state index contributed by atoms with van der Waals surface area (Å²) < 4.78 is 5.00. The summed E-state index contributed by atoms with van der Waals surface area (Å²) in [7, 11) is 1.70. The van der Waals surface area contributed by atoms with Gasteiger partial charge in [-0.2, -0.15) is 0 Å². The van der Waals surface area contributed by atoms with Crippen LogP contribution in [-0.4, -0.2) is 32.8 Å². The minimum atomic E-state index is 0. The van der Waals surface area contributed by atoms with E-state index in [2.05, 4.69) is 10.3 Å². The first-order valence-electron chi connectivity index (χ1n) is 7.72. The average Bonchev–Trinajstić information content (AvgIpc) is 2.35. The molecule has 0 aromatic rings. The van der Waals surface area contributed by atoms with Crippen molar-refractivity contribution in [2.75, 3.05) is 26.8 Å². The van der Waals surface area contributed by atoms with Crippen LogP contribution in [0.5, 0.6) is 0 Å². The lowest BCUT2D eigenvalue weighted by Gasteiger charge is -2.56. The Morgan fingerprint density at radius 2 is 1.75 bits per heavy atom. The molecule has 0 heterocycles. The highest BCUT2D eigenvalue weighted by Crippen LogP contribution is 2.60. The van der Waals surface area contributed by atoms with Gasteiger partial charge in [0, 0.05) is 20.2 Å². The second kappa shape index (κ2) is 6.81. The zero-order valence-electron chi connectivity index (χ0n) is 12.4. The lowest BCUT2D eigenvalue weighted by Crippen LogP contribution is -2.48. The van der Waals surface area contributed by atoms with E-state index in [0.29, 0.717) is 18.0 Å². The maximum absolute atomic E-state index is 5.93. The van der Waals surface area contributed by atoms with Crippen molar-refractivity contribution in [1.29, 1.82) is 0 Å². The average molecular weight is 393 g/mol. The van der Waals surface area contributed by atoms with Crippen LogP contribution in [-0.2, 0) is 4.74 Å². The number of halogens is 1. The van der Waals surface area contributed by atoms with Crippen molar-refractivity contribution in [3.05, 3.63) is 0 Å². The van der Waals surface area contributed by atoms with Gasteiger partial charge in [0.25, 0.3) is 0 Å². The smallest absolute Gasteiger partial charge is 0.188 e. The first kappa shape index (κ1) is 16.3. The van der Waals surface area contributed by atoms with E-state index in [0.717, 1.165) is 30.8 Å². The van der Waals surface area contributed by atoms with Gasteiger partial charge in [-0.05, 0) is 61.7 Å². The Bertz CT molecular complexity index is 324. The van der Waals surface area contributed by atoms with E-state index in [4.69, 9.17) is 10.5 Å². The minimum absolute atomic E-state index is 0. The third-order valence-electron chi connectivity index (χ3n) is 5.36. The first-order valence-corrected chi connectivity index (χ1v) is 7.72. The minimum Gasteiger partial charge on any atom is -0.383 e. The predicted octanol–water partition coefficient (Wildman–Crippen LogP) is 2.37. The molecule has 4 aliphatic carbocycles. The standard InChI is InChI=1S/C15H27N3O.HI/c1-19-3-2-17-14(16)18-10-15-7-11-4-12(8-15)6-13(5-11)9-15;/h11-13H,2-10H2,1H3,(H3,16,17,18);1H. The van der Waals surface area contributed by atoms with E-state index in [9.17, 15) is 0 Å². The Kier molecular flexibility index (Phi) is 5.56. The van der Waals surface area contributed by atoms with Crippen LogP contribution in [0, 0.1) is 23.2 Å².